The van der Waals surface area contributed by atoms with Crippen LogP contribution < -0.4 is 0 Å². The molecule has 4 heteroatoms. The van der Waals surface area contributed by atoms with E-state index in [1.807, 2.05) is 37.0 Å². The molecule has 0 saturated heterocycles. The lowest BCUT2D eigenvalue weighted by molar-refractivity contribution is -0.143. The molecular weight excluding hydrogens is 258 g/mol. The Kier molecular flexibility index (Phi) is 7.98. The molecular formula is C15H21NO2S. The van der Waals surface area contributed by atoms with Crippen molar-refractivity contribution in [3.05, 3.63) is 29.8 Å². The number of nitrogens with zero attached hydrogens (tertiary/aromatic N) is 1. The second kappa shape index (κ2) is 9.62. The number of benzene rings is 1. The smallest absolute Gasteiger partial charge is 0.305 e. The van der Waals surface area contributed by atoms with E-state index in [4.69, 9.17) is 4.74 Å². The van der Waals surface area contributed by atoms with Crippen LogP contribution in [0.15, 0.2) is 34.2 Å². The Hall–Kier alpha value is -1.29. The third-order valence-corrected chi connectivity index (χ3v) is 3.39. The summed E-state index contributed by atoms with van der Waals surface area (Å²) in [5.41, 5.74) is 1.14. The molecule has 0 unspecified atom stereocenters. The van der Waals surface area contributed by atoms with Crippen molar-refractivity contribution in [1.82, 2.24) is 0 Å². The first-order chi connectivity index (χ1) is 9.27. The molecule has 0 atom stereocenters. The molecule has 1 aromatic carbocycles. The highest BCUT2D eigenvalue weighted by Gasteiger charge is 2.00. The molecule has 104 valence electrons. The van der Waals surface area contributed by atoms with Crippen molar-refractivity contribution in [3.63, 3.8) is 0 Å². The topological polar surface area (TPSA) is 38.7 Å². The van der Waals surface area contributed by atoms with Gasteiger partial charge in [0.1, 0.15) is 0 Å². The van der Waals surface area contributed by atoms with Gasteiger partial charge in [-0.25, -0.2) is 0 Å². The number of carbonyl (C=O) groups is 1. The maximum Gasteiger partial charge on any atom is 0.305 e. The molecule has 1 rings (SSSR count). The Bertz CT molecular complexity index is 418. The minimum absolute atomic E-state index is 0.139. The Labute approximate surface area is 119 Å². The van der Waals surface area contributed by atoms with Crippen molar-refractivity contribution in [2.24, 2.45) is 4.99 Å². The highest BCUT2D eigenvalue weighted by Crippen LogP contribution is 2.20. The number of ether oxygens (including phenoxy) is 1. The number of rotatable bonds is 8. The van der Waals surface area contributed by atoms with Gasteiger partial charge in [0.15, 0.2) is 0 Å². The number of hydrogen-bond donors (Lipinski definition) is 0. The SMILES string of the molecule is CCOC(=O)CCC/N=C/c1ccccc1SCC. The van der Waals surface area contributed by atoms with Gasteiger partial charge in [0.2, 0.25) is 0 Å². The summed E-state index contributed by atoms with van der Waals surface area (Å²) in [5.74, 6) is 0.910. The Morgan fingerprint density at radius 2 is 2.16 bits per heavy atom. The van der Waals surface area contributed by atoms with Crippen LogP contribution in [0.3, 0.4) is 0 Å². The quantitative estimate of drug-likeness (QED) is 0.316. The minimum atomic E-state index is -0.139. The lowest BCUT2D eigenvalue weighted by Gasteiger charge is -2.03. The Morgan fingerprint density at radius 3 is 2.89 bits per heavy atom. The molecule has 1 aromatic rings. The number of carbonyl (C=O) groups excluding carboxylic acids is 1. The van der Waals surface area contributed by atoms with Gasteiger partial charge in [0.05, 0.1) is 6.61 Å². The molecule has 0 radical (unpaired) electrons. The van der Waals surface area contributed by atoms with Gasteiger partial charge in [-0.15, -0.1) is 11.8 Å². The monoisotopic (exact) mass is 279 g/mol. The van der Waals surface area contributed by atoms with E-state index >= 15 is 0 Å². The average Bonchev–Trinajstić information content (AvgIpc) is 2.41. The molecule has 0 fully saturated rings. The number of aliphatic imine (C=N–C) groups is 1. The molecule has 19 heavy (non-hydrogen) atoms. The van der Waals surface area contributed by atoms with Crippen LogP contribution >= 0.6 is 11.8 Å². The van der Waals surface area contributed by atoms with Gasteiger partial charge in [-0.2, -0.15) is 0 Å². The lowest BCUT2D eigenvalue weighted by atomic mass is 10.2. The molecule has 0 heterocycles. The fourth-order valence-corrected chi connectivity index (χ4v) is 2.36. The Morgan fingerprint density at radius 1 is 1.37 bits per heavy atom. The largest absolute Gasteiger partial charge is 0.466 e. The van der Waals surface area contributed by atoms with Gasteiger partial charge in [-0.05, 0) is 25.2 Å². The van der Waals surface area contributed by atoms with Crippen molar-refractivity contribution in [2.45, 2.75) is 31.6 Å². The highest BCUT2D eigenvalue weighted by molar-refractivity contribution is 7.99. The zero-order valence-corrected chi connectivity index (χ0v) is 12.4. The van der Waals surface area contributed by atoms with Crippen molar-refractivity contribution in [2.75, 3.05) is 18.9 Å². The van der Waals surface area contributed by atoms with Gasteiger partial charge in [-0.3, -0.25) is 9.79 Å². The second-order valence-electron chi connectivity index (χ2n) is 3.91. The standard InChI is InChI=1S/C15H21NO2S/c1-3-18-15(17)10-7-11-16-12-13-8-5-6-9-14(13)19-4-2/h5-6,8-9,12H,3-4,7,10-11H2,1-2H3/b16-12+. The van der Waals surface area contributed by atoms with E-state index in [-0.39, 0.29) is 5.97 Å². The molecule has 0 aromatic heterocycles. The van der Waals surface area contributed by atoms with Gasteiger partial charge < -0.3 is 4.74 Å². The van der Waals surface area contributed by atoms with E-state index in [1.54, 1.807) is 0 Å². The summed E-state index contributed by atoms with van der Waals surface area (Å²) in [4.78, 5) is 16.8. The third kappa shape index (κ3) is 6.43. The van der Waals surface area contributed by atoms with Gasteiger partial charge >= 0.3 is 5.97 Å². The van der Waals surface area contributed by atoms with E-state index in [0.29, 0.717) is 19.6 Å². The van der Waals surface area contributed by atoms with Crippen LogP contribution in [0.2, 0.25) is 0 Å². The van der Waals surface area contributed by atoms with Crippen molar-refractivity contribution >= 4 is 23.9 Å². The molecule has 0 N–H and O–H groups in total. The molecule has 0 aliphatic heterocycles. The van der Waals surface area contributed by atoms with Crippen LogP contribution in [0.25, 0.3) is 0 Å². The van der Waals surface area contributed by atoms with E-state index in [0.717, 1.165) is 17.7 Å². The first kappa shape index (κ1) is 15.8. The van der Waals surface area contributed by atoms with Crippen LogP contribution in [0.5, 0.6) is 0 Å². The number of esters is 1. The zero-order chi connectivity index (χ0) is 13.9. The molecule has 3 nitrogen and oxygen atoms in total. The lowest BCUT2D eigenvalue weighted by Crippen LogP contribution is -2.04. The fraction of sp³-hybridized carbons (Fsp3) is 0.467. The van der Waals surface area contributed by atoms with E-state index in [9.17, 15) is 4.79 Å². The summed E-state index contributed by atoms with van der Waals surface area (Å²) in [6, 6.07) is 8.22. The molecule has 0 spiro atoms. The summed E-state index contributed by atoms with van der Waals surface area (Å²) in [7, 11) is 0. The predicted molar refractivity (Wildman–Crippen MR) is 81.2 cm³/mol. The maximum absolute atomic E-state index is 11.1. The zero-order valence-electron chi connectivity index (χ0n) is 11.6. The first-order valence-electron chi connectivity index (χ1n) is 6.65. The van der Waals surface area contributed by atoms with E-state index in [1.165, 1.54) is 4.90 Å². The van der Waals surface area contributed by atoms with Crippen LogP contribution in [0, 0.1) is 0 Å². The highest BCUT2D eigenvalue weighted by atomic mass is 32.2. The predicted octanol–water partition coefficient (Wildman–Crippen LogP) is 3.56. The van der Waals surface area contributed by atoms with Crippen molar-refractivity contribution in [3.8, 4) is 0 Å². The first-order valence-corrected chi connectivity index (χ1v) is 7.63. The minimum Gasteiger partial charge on any atom is -0.466 e. The summed E-state index contributed by atoms with van der Waals surface area (Å²) in [6.45, 7) is 5.06. The third-order valence-electron chi connectivity index (χ3n) is 2.42. The van der Waals surface area contributed by atoms with E-state index < -0.39 is 0 Å². The molecule has 0 saturated carbocycles. The summed E-state index contributed by atoms with van der Waals surface area (Å²) in [5, 5.41) is 0. The van der Waals surface area contributed by atoms with Crippen LogP contribution in [0.1, 0.15) is 32.3 Å². The van der Waals surface area contributed by atoms with Gasteiger partial charge in [0, 0.05) is 29.6 Å². The molecule has 0 amide bonds. The van der Waals surface area contributed by atoms with Crippen LogP contribution in [-0.4, -0.2) is 31.1 Å². The van der Waals surface area contributed by atoms with Gasteiger partial charge in [-0.1, -0.05) is 25.1 Å². The fourth-order valence-electron chi connectivity index (χ4n) is 1.58. The van der Waals surface area contributed by atoms with Crippen molar-refractivity contribution in [1.29, 1.82) is 0 Å². The van der Waals surface area contributed by atoms with Crippen molar-refractivity contribution < 1.29 is 9.53 Å². The normalized spacial score (nSPS) is 10.8. The maximum atomic E-state index is 11.1. The molecule has 0 aliphatic rings. The molecule has 0 bridgehead atoms. The number of hydrogen-bond acceptors (Lipinski definition) is 4. The summed E-state index contributed by atoms with van der Waals surface area (Å²) in [6.07, 6.45) is 3.07. The summed E-state index contributed by atoms with van der Waals surface area (Å²) < 4.78 is 4.86. The van der Waals surface area contributed by atoms with Crippen LogP contribution in [-0.2, 0) is 9.53 Å². The van der Waals surface area contributed by atoms with Crippen LogP contribution in [0.4, 0.5) is 0 Å². The second-order valence-corrected chi connectivity index (χ2v) is 5.22. The molecule has 0 aliphatic carbocycles. The van der Waals surface area contributed by atoms with Gasteiger partial charge in [0.25, 0.3) is 0 Å². The number of thioether (sulfide) groups is 1. The van der Waals surface area contributed by atoms with E-state index in [2.05, 4.69) is 24.0 Å². The average molecular weight is 279 g/mol. The Balaban J connectivity index is 2.38. The summed E-state index contributed by atoms with van der Waals surface area (Å²) >= 11 is 1.81.